The van der Waals surface area contributed by atoms with Gasteiger partial charge in [-0.15, -0.1) is 0 Å². The van der Waals surface area contributed by atoms with E-state index in [-0.39, 0.29) is 0 Å². The van der Waals surface area contributed by atoms with Crippen LogP contribution in [0.15, 0.2) is 48.8 Å². The number of hydrogen-bond donors (Lipinski definition) is 1. The number of benzene rings is 1. The molecule has 13 heavy (non-hydrogen) atoms. The van der Waals surface area contributed by atoms with Crippen molar-refractivity contribution < 1.29 is 0 Å². The van der Waals surface area contributed by atoms with Gasteiger partial charge < -0.3 is 10.3 Å². The molecular formula is C11H12N2. The summed E-state index contributed by atoms with van der Waals surface area (Å²) in [6.45, 7) is 0.887. The molecule has 0 aliphatic heterocycles. The van der Waals surface area contributed by atoms with Crippen molar-refractivity contribution in [2.24, 2.45) is 0 Å². The van der Waals surface area contributed by atoms with Gasteiger partial charge in [-0.05, 0) is 29.8 Å². The average Bonchev–Trinajstić information content (AvgIpc) is 2.57. The Hall–Kier alpha value is -1.70. The third-order valence-corrected chi connectivity index (χ3v) is 1.98. The van der Waals surface area contributed by atoms with E-state index in [0.717, 1.165) is 12.2 Å². The first-order chi connectivity index (χ1) is 6.34. The van der Waals surface area contributed by atoms with Crippen molar-refractivity contribution in [3.63, 3.8) is 0 Å². The molecule has 2 heteroatoms. The highest BCUT2D eigenvalue weighted by molar-refractivity contribution is 5.40. The third-order valence-electron chi connectivity index (χ3n) is 1.98. The van der Waals surface area contributed by atoms with Gasteiger partial charge in [0.15, 0.2) is 0 Å². The summed E-state index contributed by atoms with van der Waals surface area (Å²) in [6.07, 6.45) is 4.09. The monoisotopic (exact) mass is 172 g/mol. The summed E-state index contributed by atoms with van der Waals surface area (Å²) in [7, 11) is 0. The number of nitrogens with two attached hydrogens (primary N) is 1. The first-order valence-corrected chi connectivity index (χ1v) is 4.30. The lowest BCUT2D eigenvalue weighted by molar-refractivity contribution is 0.806. The van der Waals surface area contributed by atoms with Gasteiger partial charge in [-0.3, -0.25) is 0 Å². The second-order valence-electron chi connectivity index (χ2n) is 3.10. The van der Waals surface area contributed by atoms with E-state index in [2.05, 4.69) is 10.6 Å². The van der Waals surface area contributed by atoms with Gasteiger partial charge >= 0.3 is 0 Å². The van der Waals surface area contributed by atoms with Gasteiger partial charge in [0, 0.05) is 24.6 Å². The molecule has 0 fully saturated rings. The van der Waals surface area contributed by atoms with E-state index in [1.807, 2.05) is 42.7 Å². The fourth-order valence-corrected chi connectivity index (χ4v) is 1.38. The molecule has 0 spiro atoms. The van der Waals surface area contributed by atoms with Crippen molar-refractivity contribution in [3.05, 3.63) is 54.4 Å². The minimum absolute atomic E-state index is 0.824. The molecule has 2 nitrogen and oxygen atoms in total. The van der Waals surface area contributed by atoms with Gasteiger partial charge in [-0.25, -0.2) is 0 Å². The van der Waals surface area contributed by atoms with E-state index in [9.17, 15) is 0 Å². The van der Waals surface area contributed by atoms with Crippen molar-refractivity contribution >= 4 is 5.69 Å². The zero-order chi connectivity index (χ0) is 9.10. The van der Waals surface area contributed by atoms with E-state index < -0.39 is 0 Å². The Morgan fingerprint density at radius 2 is 1.85 bits per heavy atom. The Kier molecular flexibility index (Phi) is 2.04. The predicted molar refractivity (Wildman–Crippen MR) is 54.4 cm³/mol. The molecule has 1 heterocycles. The maximum atomic E-state index is 5.68. The highest BCUT2D eigenvalue weighted by Gasteiger charge is 1.93. The topological polar surface area (TPSA) is 30.9 Å². The Labute approximate surface area is 77.6 Å². The zero-order valence-electron chi connectivity index (χ0n) is 7.35. The van der Waals surface area contributed by atoms with E-state index >= 15 is 0 Å². The Balaban J connectivity index is 2.19. The van der Waals surface area contributed by atoms with Crippen LogP contribution < -0.4 is 5.73 Å². The second kappa shape index (κ2) is 3.35. The van der Waals surface area contributed by atoms with Crippen molar-refractivity contribution in [2.45, 2.75) is 6.54 Å². The van der Waals surface area contributed by atoms with Crippen LogP contribution in [0.1, 0.15) is 5.56 Å². The summed E-state index contributed by atoms with van der Waals surface area (Å²) in [4.78, 5) is 0. The number of hydrogen-bond acceptors (Lipinski definition) is 1. The summed E-state index contributed by atoms with van der Waals surface area (Å²) in [5, 5.41) is 0. The summed E-state index contributed by atoms with van der Waals surface area (Å²) in [6, 6.07) is 12.0. The summed E-state index contributed by atoms with van der Waals surface area (Å²) >= 11 is 0. The summed E-state index contributed by atoms with van der Waals surface area (Å²) in [5.41, 5.74) is 7.73. The Bertz CT molecular complexity index is 377. The first-order valence-electron chi connectivity index (χ1n) is 4.30. The Morgan fingerprint density at radius 1 is 1.08 bits per heavy atom. The van der Waals surface area contributed by atoms with Gasteiger partial charge in [0.25, 0.3) is 0 Å². The van der Waals surface area contributed by atoms with Crippen LogP contribution in [0.25, 0.3) is 0 Å². The maximum absolute atomic E-state index is 5.68. The van der Waals surface area contributed by atoms with Crippen LogP contribution in [0.4, 0.5) is 5.69 Å². The molecule has 0 aliphatic carbocycles. The molecule has 1 aromatic heterocycles. The number of nitrogen functional groups attached to an aromatic ring is 1. The van der Waals surface area contributed by atoms with Crippen LogP contribution in [-0.4, -0.2) is 4.57 Å². The molecule has 66 valence electrons. The van der Waals surface area contributed by atoms with Crippen LogP contribution >= 0.6 is 0 Å². The Morgan fingerprint density at radius 3 is 2.54 bits per heavy atom. The minimum atomic E-state index is 0.824. The van der Waals surface area contributed by atoms with Gasteiger partial charge in [0.2, 0.25) is 0 Å². The highest BCUT2D eigenvalue weighted by Crippen LogP contribution is 2.08. The molecule has 0 bridgehead atoms. The second-order valence-corrected chi connectivity index (χ2v) is 3.10. The standard InChI is InChI=1S/C11H12N2/c12-11-5-3-4-10(8-11)9-13-6-1-2-7-13/h1-8H,9,12H2. The molecule has 2 N–H and O–H groups in total. The minimum Gasteiger partial charge on any atom is -0.399 e. The first kappa shape index (κ1) is 7.92. The zero-order valence-corrected chi connectivity index (χ0v) is 7.35. The number of rotatable bonds is 2. The summed E-state index contributed by atoms with van der Waals surface area (Å²) in [5.74, 6) is 0. The fourth-order valence-electron chi connectivity index (χ4n) is 1.38. The van der Waals surface area contributed by atoms with E-state index in [4.69, 9.17) is 5.73 Å². The van der Waals surface area contributed by atoms with Crippen LogP contribution in [0, 0.1) is 0 Å². The SMILES string of the molecule is Nc1cccc(Cn2cccc2)c1. The fraction of sp³-hybridized carbons (Fsp3) is 0.0909. The van der Waals surface area contributed by atoms with Crippen molar-refractivity contribution in [3.8, 4) is 0 Å². The van der Waals surface area contributed by atoms with Gasteiger partial charge in [0.05, 0.1) is 0 Å². The molecule has 0 saturated heterocycles. The quantitative estimate of drug-likeness (QED) is 0.691. The number of anilines is 1. The van der Waals surface area contributed by atoms with E-state index in [1.54, 1.807) is 0 Å². The largest absolute Gasteiger partial charge is 0.399 e. The molecule has 2 rings (SSSR count). The molecule has 0 radical (unpaired) electrons. The number of aromatic nitrogens is 1. The molecule has 0 amide bonds. The smallest absolute Gasteiger partial charge is 0.0470 e. The molecular weight excluding hydrogens is 160 g/mol. The highest BCUT2D eigenvalue weighted by atomic mass is 14.9. The third kappa shape index (κ3) is 1.90. The van der Waals surface area contributed by atoms with Gasteiger partial charge in [-0.2, -0.15) is 0 Å². The molecule has 2 aromatic rings. The van der Waals surface area contributed by atoms with Crippen molar-refractivity contribution in [1.82, 2.24) is 4.57 Å². The normalized spacial score (nSPS) is 10.2. The average molecular weight is 172 g/mol. The van der Waals surface area contributed by atoms with Crippen LogP contribution in [-0.2, 0) is 6.54 Å². The lowest BCUT2D eigenvalue weighted by atomic mass is 10.2. The predicted octanol–water partition coefficient (Wildman–Crippen LogP) is 2.12. The lowest BCUT2D eigenvalue weighted by Gasteiger charge is -2.03. The van der Waals surface area contributed by atoms with Crippen molar-refractivity contribution in [2.75, 3.05) is 5.73 Å². The van der Waals surface area contributed by atoms with Crippen LogP contribution in [0.2, 0.25) is 0 Å². The molecule has 0 atom stereocenters. The van der Waals surface area contributed by atoms with Crippen LogP contribution in [0.3, 0.4) is 0 Å². The lowest BCUT2D eigenvalue weighted by Crippen LogP contribution is -1.96. The maximum Gasteiger partial charge on any atom is 0.0470 e. The van der Waals surface area contributed by atoms with Crippen LogP contribution in [0.5, 0.6) is 0 Å². The van der Waals surface area contributed by atoms with E-state index in [0.29, 0.717) is 0 Å². The van der Waals surface area contributed by atoms with Gasteiger partial charge in [0.1, 0.15) is 0 Å². The van der Waals surface area contributed by atoms with E-state index in [1.165, 1.54) is 5.56 Å². The molecule has 0 unspecified atom stereocenters. The van der Waals surface area contributed by atoms with Gasteiger partial charge in [-0.1, -0.05) is 12.1 Å². The summed E-state index contributed by atoms with van der Waals surface area (Å²) < 4.78 is 2.12. The molecule has 1 aromatic carbocycles. The van der Waals surface area contributed by atoms with Crippen molar-refractivity contribution in [1.29, 1.82) is 0 Å². The molecule has 0 aliphatic rings. The number of nitrogens with zero attached hydrogens (tertiary/aromatic N) is 1. The molecule has 0 saturated carbocycles.